The van der Waals surface area contributed by atoms with Gasteiger partial charge in [-0.2, -0.15) is 5.11 Å². The van der Waals surface area contributed by atoms with Crippen molar-refractivity contribution in [3.63, 3.8) is 0 Å². The molecule has 1 fully saturated rings. The molecule has 3 aromatic rings. The molecule has 2 aromatic carbocycles. The molecule has 0 spiro atoms. The zero-order valence-corrected chi connectivity index (χ0v) is 15.8. The van der Waals surface area contributed by atoms with Crippen molar-refractivity contribution in [1.82, 2.24) is 0 Å². The van der Waals surface area contributed by atoms with E-state index in [2.05, 4.69) is 68.9 Å². The zero-order valence-electron chi connectivity index (χ0n) is 15.0. The van der Waals surface area contributed by atoms with Gasteiger partial charge in [-0.05, 0) is 39.6 Å². The molecule has 0 aliphatic carbocycles. The van der Waals surface area contributed by atoms with E-state index in [1.54, 1.807) is 11.3 Å². The fourth-order valence-corrected chi connectivity index (χ4v) is 4.84. The van der Waals surface area contributed by atoms with Crippen LogP contribution >= 0.6 is 11.3 Å². The number of benzene rings is 2. The fraction of sp³-hybridized carbons (Fsp3) is 0.286. The van der Waals surface area contributed by atoms with Crippen molar-refractivity contribution >= 4 is 32.8 Å². The number of thiophene rings is 1. The topological polar surface area (TPSA) is 49.5 Å². The monoisotopic (exact) mass is 376 g/mol. The minimum absolute atomic E-state index is 0.577. The number of rotatable bonds is 4. The van der Waals surface area contributed by atoms with Gasteiger partial charge >= 0.3 is 0 Å². The lowest BCUT2D eigenvalue weighted by Crippen LogP contribution is -2.35. The molecule has 27 heavy (non-hydrogen) atoms. The van der Waals surface area contributed by atoms with E-state index in [0.29, 0.717) is 6.54 Å². The molecular formula is C21H20N4OS. The van der Waals surface area contributed by atoms with Gasteiger partial charge in [0.25, 0.3) is 0 Å². The largest absolute Gasteiger partial charge is 0.378 e. The summed E-state index contributed by atoms with van der Waals surface area (Å²) >= 11 is 1.81. The molecule has 2 aliphatic rings. The lowest BCUT2D eigenvalue weighted by Gasteiger charge is -2.27. The fourth-order valence-electron chi connectivity index (χ4n) is 3.63. The minimum atomic E-state index is 0.577. The summed E-state index contributed by atoms with van der Waals surface area (Å²) in [6.45, 7) is 4.04. The van der Waals surface area contributed by atoms with Crippen molar-refractivity contribution in [3.05, 3.63) is 64.5 Å². The van der Waals surface area contributed by atoms with Crippen LogP contribution < -0.4 is 4.90 Å². The van der Waals surface area contributed by atoms with Crippen molar-refractivity contribution in [3.8, 4) is 0 Å². The number of hydrogen-bond donors (Lipinski definition) is 0. The lowest BCUT2D eigenvalue weighted by atomic mass is 10.0. The van der Waals surface area contributed by atoms with Gasteiger partial charge in [-0.3, -0.25) is 0 Å². The maximum atomic E-state index is 5.50. The van der Waals surface area contributed by atoms with Gasteiger partial charge in [-0.1, -0.05) is 42.5 Å². The first-order valence-electron chi connectivity index (χ1n) is 9.23. The first-order chi connectivity index (χ1) is 13.4. The highest BCUT2D eigenvalue weighted by Gasteiger charge is 2.21. The van der Waals surface area contributed by atoms with E-state index in [1.807, 2.05) is 0 Å². The molecule has 3 heterocycles. The van der Waals surface area contributed by atoms with Gasteiger partial charge in [0.1, 0.15) is 12.3 Å². The Labute approximate surface area is 162 Å². The maximum Gasteiger partial charge on any atom is 0.108 e. The van der Waals surface area contributed by atoms with E-state index in [0.717, 1.165) is 38.4 Å². The van der Waals surface area contributed by atoms with Gasteiger partial charge in [-0.25, -0.2) is 0 Å². The van der Waals surface area contributed by atoms with E-state index in [-0.39, 0.29) is 0 Å². The third-order valence-electron chi connectivity index (χ3n) is 5.04. The van der Waals surface area contributed by atoms with E-state index >= 15 is 0 Å². The Morgan fingerprint density at radius 3 is 2.67 bits per heavy atom. The summed E-state index contributed by atoms with van der Waals surface area (Å²) in [5.74, 6) is 0. The second kappa shape index (κ2) is 7.21. The van der Waals surface area contributed by atoms with Crippen LogP contribution in [0.25, 0.3) is 10.8 Å². The van der Waals surface area contributed by atoms with Crippen LogP contribution in [0.15, 0.2) is 64.0 Å². The van der Waals surface area contributed by atoms with Crippen LogP contribution in [-0.4, -0.2) is 38.6 Å². The summed E-state index contributed by atoms with van der Waals surface area (Å²) in [6.07, 6.45) is 0.889. The average molecular weight is 376 g/mol. The maximum absolute atomic E-state index is 5.50. The van der Waals surface area contributed by atoms with Crippen molar-refractivity contribution < 1.29 is 4.74 Å². The Morgan fingerprint density at radius 2 is 1.85 bits per heavy atom. The molecule has 0 saturated carbocycles. The Hall–Kier alpha value is -2.57. The van der Waals surface area contributed by atoms with Crippen molar-refractivity contribution in [2.24, 2.45) is 15.4 Å². The van der Waals surface area contributed by atoms with Crippen LogP contribution in [0.3, 0.4) is 0 Å². The van der Waals surface area contributed by atoms with Crippen LogP contribution in [0, 0.1) is 0 Å². The van der Waals surface area contributed by atoms with Gasteiger partial charge in [0.15, 0.2) is 0 Å². The molecular weight excluding hydrogens is 356 g/mol. The van der Waals surface area contributed by atoms with Gasteiger partial charge in [0, 0.05) is 13.1 Å². The second-order valence-electron chi connectivity index (χ2n) is 6.83. The normalized spacial score (nSPS) is 16.9. The Kier molecular flexibility index (Phi) is 4.43. The number of morpholine rings is 1. The molecule has 0 atom stereocenters. The van der Waals surface area contributed by atoms with Crippen LogP contribution in [0.4, 0.5) is 5.00 Å². The molecule has 0 N–H and O–H groups in total. The summed E-state index contributed by atoms with van der Waals surface area (Å²) < 4.78 is 5.50. The first-order valence-corrected chi connectivity index (χ1v) is 10.1. The van der Waals surface area contributed by atoms with E-state index in [4.69, 9.17) is 4.74 Å². The molecule has 0 radical (unpaired) electrons. The van der Waals surface area contributed by atoms with E-state index < -0.39 is 0 Å². The first kappa shape index (κ1) is 16.6. The Bertz CT molecular complexity index is 1030. The second-order valence-corrected chi connectivity index (χ2v) is 7.86. The lowest BCUT2D eigenvalue weighted by molar-refractivity contribution is 0.123. The SMILES string of the molecule is c1ccc2cc(Cc3cc(N4CCOCC4)sc3C3=NN=NC3)ccc2c1. The summed E-state index contributed by atoms with van der Waals surface area (Å²) in [4.78, 5) is 3.63. The molecule has 0 bridgehead atoms. The smallest absolute Gasteiger partial charge is 0.108 e. The highest BCUT2D eigenvalue weighted by Crippen LogP contribution is 2.34. The molecule has 5 rings (SSSR count). The predicted octanol–water partition coefficient (Wildman–Crippen LogP) is 4.50. The van der Waals surface area contributed by atoms with Crippen LogP contribution in [0.2, 0.25) is 0 Å². The van der Waals surface area contributed by atoms with Gasteiger partial charge in [-0.15, -0.1) is 16.4 Å². The molecule has 136 valence electrons. The van der Waals surface area contributed by atoms with Crippen LogP contribution in [0.1, 0.15) is 16.0 Å². The summed E-state index contributed by atoms with van der Waals surface area (Å²) in [5, 5.41) is 16.0. The Morgan fingerprint density at radius 1 is 1.00 bits per heavy atom. The molecule has 1 aromatic heterocycles. The average Bonchev–Trinajstić information content (AvgIpc) is 3.38. The number of nitrogens with zero attached hydrogens (tertiary/aromatic N) is 4. The third kappa shape index (κ3) is 3.38. The van der Waals surface area contributed by atoms with Gasteiger partial charge in [0.05, 0.1) is 23.1 Å². The van der Waals surface area contributed by atoms with E-state index in [1.165, 1.54) is 31.8 Å². The van der Waals surface area contributed by atoms with Crippen LogP contribution in [-0.2, 0) is 11.2 Å². The highest BCUT2D eigenvalue weighted by atomic mass is 32.1. The number of anilines is 1. The third-order valence-corrected chi connectivity index (χ3v) is 6.33. The molecule has 5 nitrogen and oxygen atoms in total. The Balaban J connectivity index is 1.49. The van der Waals surface area contributed by atoms with Crippen molar-refractivity contribution in [2.45, 2.75) is 6.42 Å². The molecule has 1 saturated heterocycles. The quantitative estimate of drug-likeness (QED) is 0.673. The zero-order chi connectivity index (χ0) is 18.1. The van der Waals surface area contributed by atoms with E-state index in [9.17, 15) is 0 Å². The number of ether oxygens (including phenoxy) is 1. The number of fused-ring (bicyclic) bond motifs is 1. The van der Waals surface area contributed by atoms with Gasteiger partial charge in [0.2, 0.25) is 0 Å². The number of hydrogen-bond acceptors (Lipinski definition) is 6. The predicted molar refractivity (Wildman–Crippen MR) is 110 cm³/mol. The molecule has 0 unspecified atom stereocenters. The summed E-state index contributed by atoms with van der Waals surface area (Å²) in [6, 6.07) is 17.5. The molecule has 0 amide bonds. The van der Waals surface area contributed by atoms with Crippen molar-refractivity contribution in [1.29, 1.82) is 0 Å². The minimum Gasteiger partial charge on any atom is -0.378 e. The molecule has 6 heteroatoms. The van der Waals surface area contributed by atoms with Crippen LogP contribution in [0.5, 0.6) is 0 Å². The van der Waals surface area contributed by atoms with Crippen molar-refractivity contribution in [2.75, 3.05) is 37.7 Å². The summed E-state index contributed by atoms with van der Waals surface area (Å²) in [7, 11) is 0. The highest BCUT2D eigenvalue weighted by molar-refractivity contribution is 7.18. The molecule has 2 aliphatic heterocycles. The summed E-state index contributed by atoms with van der Waals surface area (Å²) in [5.41, 5.74) is 3.60. The van der Waals surface area contributed by atoms with Gasteiger partial charge < -0.3 is 9.64 Å². The standard InChI is InChI=1S/C21H20N4OS/c1-2-4-17-11-15(5-6-16(17)3-1)12-18-13-20(25-7-9-26-10-8-25)27-21(18)19-14-22-24-23-19/h1-6,11,13H,7-10,12,14H2.